The molecule has 0 saturated carbocycles. The highest BCUT2D eigenvalue weighted by Gasteiger charge is 2.20. The van der Waals surface area contributed by atoms with Gasteiger partial charge in [-0.2, -0.15) is 0 Å². The highest BCUT2D eigenvalue weighted by Crippen LogP contribution is 2.13. The summed E-state index contributed by atoms with van der Waals surface area (Å²) in [5.41, 5.74) is -0.0884. The third kappa shape index (κ3) is 4.90. The van der Waals surface area contributed by atoms with Gasteiger partial charge in [0.15, 0.2) is 9.84 Å². The van der Waals surface area contributed by atoms with Crippen molar-refractivity contribution in [3.63, 3.8) is 0 Å². The second kappa shape index (κ2) is 7.51. The molecule has 106 valence electrons. The number of unbranched alkanes of at least 4 members (excludes halogenated alkanes) is 1. The fraction of sp³-hybridized carbons (Fsp3) is 0.267. The summed E-state index contributed by atoms with van der Waals surface area (Å²) in [5, 5.41) is 0. The van der Waals surface area contributed by atoms with Gasteiger partial charge in [0.1, 0.15) is 0 Å². The second-order valence-electron chi connectivity index (χ2n) is 4.12. The molecule has 0 saturated heterocycles. The number of sulfone groups is 1. The van der Waals surface area contributed by atoms with Gasteiger partial charge in [-0.15, -0.1) is 12.3 Å². The summed E-state index contributed by atoms with van der Waals surface area (Å²) in [7, 11) is -3.57. The summed E-state index contributed by atoms with van der Waals surface area (Å²) in [6.07, 6.45) is 6.11. The maximum atomic E-state index is 12.0. The minimum Gasteiger partial charge on any atom is -0.462 e. The van der Waals surface area contributed by atoms with Crippen molar-refractivity contribution < 1.29 is 17.9 Å². The van der Waals surface area contributed by atoms with Gasteiger partial charge in [0.25, 0.3) is 0 Å². The average Bonchev–Trinajstić information content (AvgIpc) is 2.44. The molecule has 0 fully saturated rings. The summed E-state index contributed by atoms with van der Waals surface area (Å²) in [6, 6.07) is 7.90. The Kier molecular flexibility index (Phi) is 6.01. The van der Waals surface area contributed by atoms with Crippen molar-refractivity contribution >= 4 is 15.8 Å². The molecule has 1 aromatic rings. The Bertz CT molecular complexity index is 609. The Balaban J connectivity index is 2.58. The monoisotopic (exact) mass is 292 g/mol. The zero-order valence-corrected chi connectivity index (χ0v) is 11.9. The van der Waals surface area contributed by atoms with E-state index in [1.54, 1.807) is 18.2 Å². The number of hydrogen-bond acceptors (Lipinski definition) is 4. The van der Waals surface area contributed by atoms with Crippen LogP contribution in [0.25, 0.3) is 0 Å². The van der Waals surface area contributed by atoms with Gasteiger partial charge in [0, 0.05) is 12.0 Å². The zero-order valence-electron chi connectivity index (χ0n) is 11.0. The maximum Gasteiger partial charge on any atom is 0.334 e. The Labute approximate surface area is 119 Å². The van der Waals surface area contributed by atoms with Crippen molar-refractivity contribution in [3.8, 4) is 12.3 Å². The standard InChI is InChI=1S/C15H16O4S/c1-3-4-8-11-19-15(16)13(2)12-20(17,18)14-9-6-5-7-10-14/h1,5-7,9-10H,2,4,8,11-12H2. The minimum absolute atomic E-state index is 0.0884. The van der Waals surface area contributed by atoms with Crippen LogP contribution in [0.5, 0.6) is 0 Å². The van der Waals surface area contributed by atoms with Gasteiger partial charge in [-0.05, 0) is 18.6 Å². The van der Waals surface area contributed by atoms with E-state index in [1.165, 1.54) is 12.1 Å². The molecule has 5 heteroatoms. The summed E-state index contributed by atoms with van der Waals surface area (Å²) in [5.74, 6) is 1.26. The van der Waals surface area contributed by atoms with Crippen molar-refractivity contribution in [1.82, 2.24) is 0 Å². The number of esters is 1. The fourth-order valence-corrected chi connectivity index (χ4v) is 2.76. The molecule has 0 radical (unpaired) electrons. The quantitative estimate of drug-likeness (QED) is 0.334. The highest BCUT2D eigenvalue weighted by molar-refractivity contribution is 7.91. The first-order valence-electron chi connectivity index (χ1n) is 6.03. The molecule has 1 rings (SSSR count). The molecule has 0 aliphatic heterocycles. The van der Waals surface area contributed by atoms with Gasteiger partial charge < -0.3 is 4.74 Å². The Morgan fingerprint density at radius 1 is 1.30 bits per heavy atom. The number of rotatable bonds is 7. The van der Waals surface area contributed by atoms with Crippen molar-refractivity contribution in [2.45, 2.75) is 17.7 Å². The third-order valence-corrected chi connectivity index (χ3v) is 4.17. The predicted molar refractivity (Wildman–Crippen MR) is 76.7 cm³/mol. The smallest absolute Gasteiger partial charge is 0.334 e. The topological polar surface area (TPSA) is 60.4 Å². The van der Waals surface area contributed by atoms with Crippen molar-refractivity contribution in [3.05, 3.63) is 42.5 Å². The Hall–Kier alpha value is -2.06. The number of carbonyl (C=O) groups is 1. The van der Waals surface area contributed by atoms with E-state index in [4.69, 9.17) is 11.2 Å². The van der Waals surface area contributed by atoms with Crippen molar-refractivity contribution in [2.75, 3.05) is 12.4 Å². The van der Waals surface area contributed by atoms with Gasteiger partial charge in [-0.25, -0.2) is 13.2 Å². The van der Waals surface area contributed by atoms with Gasteiger partial charge in [-0.3, -0.25) is 0 Å². The van der Waals surface area contributed by atoms with Crippen molar-refractivity contribution in [1.29, 1.82) is 0 Å². The van der Waals surface area contributed by atoms with Crippen LogP contribution in [0.3, 0.4) is 0 Å². The summed E-state index contributed by atoms with van der Waals surface area (Å²) >= 11 is 0. The molecule has 4 nitrogen and oxygen atoms in total. The fourth-order valence-electron chi connectivity index (χ4n) is 1.44. The SMILES string of the molecule is C#CCCCOC(=O)C(=C)CS(=O)(=O)c1ccccc1. The van der Waals surface area contributed by atoms with Gasteiger partial charge in [-0.1, -0.05) is 24.8 Å². The van der Waals surface area contributed by atoms with E-state index in [0.29, 0.717) is 12.8 Å². The lowest BCUT2D eigenvalue weighted by molar-refractivity contribution is -0.138. The van der Waals surface area contributed by atoms with Crippen LogP contribution >= 0.6 is 0 Å². The number of ether oxygens (including phenoxy) is 1. The van der Waals surface area contributed by atoms with E-state index >= 15 is 0 Å². The molecule has 0 aliphatic rings. The predicted octanol–water partition coefficient (Wildman–Crippen LogP) is 1.97. The van der Waals surface area contributed by atoms with Gasteiger partial charge in [0.05, 0.1) is 17.3 Å². The van der Waals surface area contributed by atoms with Crippen LogP contribution < -0.4 is 0 Å². The van der Waals surface area contributed by atoms with Crippen LogP contribution in [0, 0.1) is 12.3 Å². The molecule has 0 N–H and O–H groups in total. The largest absolute Gasteiger partial charge is 0.462 e. The van der Waals surface area contributed by atoms with E-state index in [9.17, 15) is 13.2 Å². The first-order valence-corrected chi connectivity index (χ1v) is 7.69. The molecule has 1 aromatic carbocycles. The highest BCUT2D eigenvalue weighted by atomic mass is 32.2. The summed E-state index contributed by atoms with van der Waals surface area (Å²) < 4.78 is 28.9. The molecule has 0 heterocycles. The minimum atomic E-state index is -3.57. The second-order valence-corrected chi connectivity index (χ2v) is 6.11. The normalized spacial score (nSPS) is 10.6. The van der Waals surface area contributed by atoms with E-state index in [-0.39, 0.29) is 17.1 Å². The van der Waals surface area contributed by atoms with E-state index in [1.807, 2.05) is 0 Å². The first-order chi connectivity index (χ1) is 9.47. The van der Waals surface area contributed by atoms with E-state index < -0.39 is 21.6 Å². The average molecular weight is 292 g/mol. The molecular formula is C15H16O4S. The van der Waals surface area contributed by atoms with Crippen LogP contribution in [0.2, 0.25) is 0 Å². The lowest BCUT2D eigenvalue weighted by atomic mass is 10.3. The first kappa shape index (κ1) is 16.0. The molecular weight excluding hydrogens is 276 g/mol. The van der Waals surface area contributed by atoms with Crippen LogP contribution in [0.15, 0.2) is 47.4 Å². The van der Waals surface area contributed by atoms with Crippen LogP contribution in [0.1, 0.15) is 12.8 Å². The zero-order chi connectivity index (χ0) is 15.0. The van der Waals surface area contributed by atoms with E-state index in [2.05, 4.69) is 12.5 Å². The number of terminal acetylenes is 1. The number of hydrogen-bond donors (Lipinski definition) is 0. The Morgan fingerprint density at radius 3 is 2.55 bits per heavy atom. The maximum absolute atomic E-state index is 12.0. The molecule has 0 bridgehead atoms. The molecule has 0 unspecified atom stereocenters. The number of carbonyl (C=O) groups excluding carboxylic acids is 1. The molecule has 0 aromatic heterocycles. The van der Waals surface area contributed by atoms with Crippen LogP contribution in [0.4, 0.5) is 0 Å². The lowest BCUT2D eigenvalue weighted by Gasteiger charge is -2.07. The lowest BCUT2D eigenvalue weighted by Crippen LogP contribution is -2.17. The summed E-state index contributed by atoms with van der Waals surface area (Å²) in [6.45, 7) is 3.63. The Morgan fingerprint density at radius 2 is 1.95 bits per heavy atom. The van der Waals surface area contributed by atoms with Gasteiger partial charge >= 0.3 is 5.97 Å². The van der Waals surface area contributed by atoms with Crippen molar-refractivity contribution in [2.24, 2.45) is 0 Å². The van der Waals surface area contributed by atoms with Crippen LogP contribution in [-0.2, 0) is 19.4 Å². The molecule has 0 amide bonds. The molecule has 0 aliphatic carbocycles. The molecule has 0 spiro atoms. The van der Waals surface area contributed by atoms with Gasteiger partial charge in [0.2, 0.25) is 0 Å². The third-order valence-electron chi connectivity index (χ3n) is 2.45. The summed E-state index contributed by atoms with van der Waals surface area (Å²) in [4.78, 5) is 11.7. The van der Waals surface area contributed by atoms with E-state index in [0.717, 1.165) is 0 Å². The molecule has 20 heavy (non-hydrogen) atoms. The van der Waals surface area contributed by atoms with Crippen LogP contribution in [-0.4, -0.2) is 26.7 Å². The number of benzene rings is 1. The molecule has 0 atom stereocenters.